The summed E-state index contributed by atoms with van der Waals surface area (Å²) in [5.41, 5.74) is 0. The van der Waals surface area contributed by atoms with Crippen LogP contribution in [0.3, 0.4) is 0 Å². The van der Waals surface area contributed by atoms with Crippen molar-refractivity contribution in [1.29, 1.82) is 0 Å². The van der Waals surface area contributed by atoms with Crippen molar-refractivity contribution in [2.24, 2.45) is 0 Å². The number of hydrogen-bond acceptors (Lipinski definition) is 6. The Bertz CT molecular complexity index is 458. The van der Waals surface area contributed by atoms with Gasteiger partial charge >= 0.3 is 0 Å². The van der Waals surface area contributed by atoms with E-state index in [1.165, 1.54) is 20.4 Å². The summed E-state index contributed by atoms with van der Waals surface area (Å²) < 4.78 is 36.3. The molecule has 0 aromatic carbocycles. The normalized spacial score (nSPS) is 14.2. The van der Waals surface area contributed by atoms with E-state index in [1.807, 2.05) is 0 Å². The number of nitrogens with zero attached hydrogens (tertiary/aromatic N) is 1. The van der Waals surface area contributed by atoms with Crippen molar-refractivity contribution in [2.75, 3.05) is 14.2 Å². The van der Waals surface area contributed by atoms with Gasteiger partial charge in [-0.2, -0.15) is 0 Å². The lowest BCUT2D eigenvalue weighted by atomic mass is 10.3. The SMILES string of the molecule is COC(OC)C(C)NS(=O)(=O)c1cnc(Cl)s1. The van der Waals surface area contributed by atoms with Gasteiger partial charge in [0.15, 0.2) is 15.0 Å². The van der Waals surface area contributed by atoms with Gasteiger partial charge in [-0.1, -0.05) is 22.9 Å². The van der Waals surface area contributed by atoms with Crippen molar-refractivity contribution in [3.05, 3.63) is 10.7 Å². The first kappa shape index (κ1) is 14.8. The standard InChI is InChI=1S/C8H13ClN2O4S2/c1-5(7(14-2)15-3)11-17(12,13)6-4-10-8(9)16-6/h4-5,7,11H,1-3H3. The van der Waals surface area contributed by atoms with Crippen LogP contribution in [0.15, 0.2) is 10.4 Å². The molecule has 1 aromatic rings. The molecule has 17 heavy (non-hydrogen) atoms. The summed E-state index contributed by atoms with van der Waals surface area (Å²) in [6.45, 7) is 1.64. The Morgan fingerprint density at radius 3 is 2.47 bits per heavy atom. The van der Waals surface area contributed by atoms with E-state index in [-0.39, 0.29) is 8.68 Å². The molecule has 0 aliphatic heterocycles. The smallest absolute Gasteiger partial charge is 0.252 e. The third kappa shape index (κ3) is 3.87. The minimum atomic E-state index is -3.64. The van der Waals surface area contributed by atoms with E-state index in [9.17, 15) is 8.42 Å². The Morgan fingerprint density at radius 1 is 1.47 bits per heavy atom. The minimum Gasteiger partial charge on any atom is -0.354 e. The predicted octanol–water partition coefficient (Wildman–Crippen LogP) is 1.08. The number of thiazole rings is 1. The first-order valence-corrected chi connectivity index (χ1v) is 7.27. The molecule has 1 atom stereocenters. The fourth-order valence-corrected chi connectivity index (χ4v) is 3.77. The lowest BCUT2D eigenvalue weighted by molar-refractivity contribution is -0.115. The molecule has 0 saturated carbocycles. The van der Waals surface area contributed by atoms with Crippen LogP contribution in [0.5, 0.6) is 0 Å². The fourth-order valence-electron chi connectivity index (χ4n) is 1.23. The molecule has 1 rings (SSSR count). The molecule has 0 fully saturated rings. The molecule has 0 amide bonds. The van der Waals surface area contributed by atoms with Crippen LogP contribution in [-0.2, 0) is 19.5 Å². The summed E-state index contributed by atoms with van der Waals surface area (Å²) in [7, 11) is -0.776. The van der Waals surface area contributed by atoms with Gasteiger partial charge in [0.1, 0.15) is 0 Å². The molecule has 0 saturated heterocycles. The minimum absolute atomic E-state index is 0.0558. The molecule has 1 heterocycles. The maximum Gasteiger partial charge on any atom is 0.252 e. The highest BCUT2D eigenvalue weighted by molar-refractivity contribution is 7.91. The lowest BCUT2D eigenvalue weighted by Crippen LogP contribution is -2.42. The monoisotopic (exact) mass is 300 g/mol. The van der Waals surface area contributed by atoms with Gasteiger partial charge in [-0.05, 0) is 6.92 Å². The van der Waals surface area contributed by atoms with Crippen molar-refractivity contribution in [2.45, 2.75) is 23.5 Å². The molecule has 0 aliphatic rings. The third-order valence-corrected chi connectivity index (χ3v) is 5.07. The number of hydrogen-bond donors (Lipinski definition) is 1. The Morgan fingerprint density at radius 2 is 2.06 bits per heavy atom. The van der Waals surface area contributed by atoms with Crippen molar-refractivity contribution < 1.29 is 17.9 Å². The van der Waals surface area contributed by atoms with Crippen LogP contribution in [0.1, 0.15) is 6.92 Å². The largest absolute Gasteiger partial charge is 0.354 e. The molecule has 6 nitrogen and oxygen atoms in total. The van der Waals surface area contributed by atoms with Gasteiger partial charge in [0, 0.05) is 14.2 Å². The van der Waals surface area contributed by atoms with Crippen LogP contribution in [0, 0.1) is 0 Å². The second-order valence-corrected chi connectivity index (χ2v) is 6.74. The van der Waals surface area contributed by atoms with E-state index < -0.39 is 22.4 Å². The van der Waals surface area contributed by atoms with Crippen LogP contribution >= 0.6 is 22.9 Å². The van der Waals surface area contributed by atoms with Crippen molar-refractivity contribution in [1.82, 2.24) is 9.71 Å². The van der Waals surface area contributed by atoms with Gasteiger partial charge in [-0.3, -0.25) is 0 Å². The third-order valence-electron chi connectivity index (χ3n) is 1.94. The van der Waals surface area contributed by atoms with Crippen molar-refractivity contribution >= 4 is 33.0 Å². The zero-order valence-electron chi connectivity index (χ0n) is 9.51. The maximum absolute atomic E-state index is 11.9. The molecule has 9 heteroatoms. The Hall–Kier alpha value is -0.250. The van der Waals surface area contributed by atoms with Gasteiger partial charge in [-0.25, -0.2) is 18.1 Å². The van der Waals surface area contributed by atoms with Crippen LogP contribution in [0.2, 0.25) is 4.47 Å². The fraction of sp³-hybridized carbons (Fsp3) is 0.625. The zero-order valence-corrected chi connectivity index (χ0v) is 11.9. The molecule has 1 unspecified atom stereocenters. The molecule has 0 bridgehead atoms. The van der Waals surface area contributed by atoms with E-state index >= 15 is 0 Å². The van der Waals surface area contributed by atoms with Gasteiger partial charge in [0.25, 0.3) is 10.0 Å². The van der Waals surface area contributed by atoms with Crippen LogP contribution in [-0.4, -0.2) is 40.0 Å². The first-order valence-electron chi connectivity index (χ1n) is 4.60. The quantitative estimate of drug-likeness (QED) is 0.796. The molecular formula is C8H13ClN2O4S2. The highest BCUT2D eigenvalue weighted by Crippen LogP contribution is 2.22. The zero-order chi connectivity index (χ0) is 13.1. The maximum atomic E-state index is 11.9. The number of ether oxygens (including phenoxy) is 2. The summed E-state index contributed by atoms with van der Waals surface area (Å²) >= 11 is 6.47. The number of rotatable bonds is 6. The van der Waals surface area contributed by atoms with E-state index in [0.29, 0.717) is 0 Å². The number of halogens is 1. The van der Waals surface area contributed by atoms with Crippen molar-refractivity contribution in [3.8, 4) is 0 Å². The average Bonchev–Trinajstić information content (AvgIpc) is 2.66. The number of nitrogens with one attached hydrogen (secondary N) is 1. The molecule has 0 radical (unpaired) electrons. The predicted molar refractivity (Wildman–Crippen MR) is 64.7 cm³/mol. The molecule has 98 valence electrons. The average molecular weight is 301 g/mol. The molecule has 0 spiro atoms. The van der Waals surface area contributed by atoms with Crippen molar-refractivity contribution in [3.63, 3.8) is 0 Å². The number of aromatic nitrogens is 1. The van der Waals surface area contributed by atoms with E-state index in [1.54, 1.807) is 6.92 Å². The molecular weight excluding hydrogens is 288 g/mol. The van der Waals surface area contributed by atoms with Gasteiger partial charge in [-0.15, -0.1) is 0 Å². The Labute approximate surface area is 109 Å². The summed E-state index contributed by atoms with van der Waals surface area (Å²) in [5, 5.41) is 0. The van der Waals surface area contributed by atoms with E-state index in [4.69, 9.17) is 21.1 Å². The first-order chi connectivity index (χ1) is 7.90. The summed E-state index contributed by atoms with van der Waals surface area (Å²) in [6, 6.07) is -0.532. The molecule has 1 N–H and O–H groups in total. The Kier molecular flexibility index (Phi) is 5.29. The highest BCUT2D eigenvalue weighted by atomic mass is 35.5. The molecule has 0 aliphatic carbocycles. The lowest BCUT2D eigenvalue weighted by Gasteiger charge is -2.21. The van der Waals surface area contributed by atoms with Crippen LogP contribution in [0.25, 0.3) is 0 Å². The second-order valence-electron chi connectivity index (χ2n) is 3.18. The second kappa shape index (κ2) is 6.07. The van der Waals surface area contributed by atoms with Crippen LogP contribution in [0.4, 0.5) is 0 Å². The highest BCUT2D eigenvalue weighted by Gasteiger charge is 2.25. The summed E-state index contributed by atoms with van der Waals surface area (Å²) in [5.74, 6) is 0. The van der Waals surface area contributed by atoms with Crippen LogP contribution < -0.4 is 4.72 Å². The van der Waals surface area contributed by atoms with Gasteiger partial charge < -0.3 is 9.47 Å². The number of methoxy groups -OCH3 is 2. The van der Waals surface area contributed by atoms with E-state index in [0.717, 1.165) is 11.3 Å². The van der Waals surface area contributed by atoms with Gasteiger partial charge in [0.05, 0.1) is 12.2 Å². The van der Waals surface area contributed by atoms with E-state index in [2.05, 4.69) is 9.71 Å². The molecule has 1 aromatic heterocycles. The topological polar surface area (TPSA) is 77.5 Å². The summed E-state index contributed by atoms with van der Waals surface area (Å²) in [6.07, 6.45) is 0.546. The Balaban J connectivity index is 2.80. The van der Waals surface area contributed by atoms with Gasteiger partial charge in [0.2, 0.25) is 0 Å². The summed E-state index contributed by atoms with van der Waals surface area (Å²) in [4.78, 5) is 3.68. The number of sulfonamides is 1.